The molecular weight excluding hydrogens is 315 g/mol. The molecule has 0 aliphatic rings. The molecule has 0 saturated heterocycles. The number of amides is 2. The fourth-order valence-electron chi connectivity index (χ4n) is 1.79. The Bertz CT molecular complexity index is 699. The Morgan fingerprint density at radius 1 is 1.38 bits per heavy atom. The maximum atomic E-state index is 13.1. The highest BCUT2D eigenvalue weighted by atomic mass is 19.1. The van der Waals surface area contributed by atoms with Gasteiger partial charge in [-0.15, -0.1) is 0 Å². The number of benzene rings is 1. The van der Waals surface area contributed by atoms with E-state index in [1.807, 2.05) is 0 Å². The normalized spacial score (nSPS) is 11.4. The molecule has 0 bridgehead atoms. The summed E-state index contributed by atoms with van der Waals surface area (Å²) in [6.07, 6.45) is 2.85. The van der Waals surface area contributed by atoms with E-state index in [0.717, 1.165) is 5.56 Å². The van der Waals surface area contributed by atoms with Crippen LogP contribution in [0.2, 0.25) is 0 Å². The Labute approximate surface area is 139 Å². The quantitative estimate of drug-likeness (QED) is 0.310. The average molecular weight is 334 g/mol. The first kappa shape index (κ1) is 19.0. The summed E-state index contributed by atoms with van der Waals surface area (Å²) in [7, 11) is 1.35. The third-order valence-electron chi connectivity index (χ3n) is 2.94. The second-order valence-electron chi connectivity index (χ2n) is 4.77. The Morgan fingerprint density at radius 2 is 2.08 bits per heavy atom. The van der Waals surface area contributed by atoms with Crippen molar-refractivity contribution in [1.82, 2.24) is 10.9 Å². The summed E-state index contributed by atoms with van der Waals surface area (Å²) < 4.78 is 17.7. The van der Waals surface area contributed by atoms with Gasteiger partial charge in [0.2, 0.25) is 0 Å². The van der Waals surface area contributed by atoms with Crippen molar-refractivity contribution in [3.05, 3.63) is 53.9 Å². The maximum Gasteiger partial charge on any atom is 0.290 e. The summed E-state index contributed by atoms with van der Waals surface area (Å²) in [5.41, 5.74) is 6.11. The van der Waals surface area contributed by atoms with Gasteiger partial charge >= 0.3 is 0 Å². The number of hydrogen-bond acceptors (Lipinski definition) is 5. The largest absolute Gasteiger partial charge is 0.375 e. The molecular formula is C16H19FN4O3. The van der Waals surface area contributed by atoms with Crippen LogP contribution in [-0.4, -0.2) is 31.2 Å². The van der Waals surface area contributed by atoms with Gasteiger partial charge in [-0.1, -0.05) is 18.7 Å². The first-order valence-electron chi connectivity index (χ1n) is 6.88. The molecule has 1 rings (SSSR count). The number of nitrogens with zero attached hydrogens (tertiary/aromatic N) is 1. The number of hydrazone groups is 1. The van der Waals surface area contributed by atoms with E-state index in [4.69, 9.17) is 5.84 Å². The lowest BCUT2D eigenvalue weighted by atomic mass is 10.0. The number of hydrogen-bond donors (Lipinski definition) is 3. The molecule has 0 saturated carbocycles. The van der Waals surface area contributed by atoms with Crippen molar-refractivity contribution in [1.29, 1.82) is 0 Å². The Hall–Kier alpha value is -3.00. The van der Waals surface area contributed by atoms with Crippen LogP contribution in [0.1, 0.15) is 11.1 Å². The lowest BCUT2D eigenvalue weighted by Gasteiger charge is -2.07. The van der Waals surface area contributed by atoms with Crippen LogP contribution < -0.4 is 16.7 Å². The summed E-state index contributed by atoms with van der Waals surface area (Å²) in [6.45, 7) is 5.40. The molecule has 4 N–H and O–H groups in total. The first-order valence-corrected chi connectivity index (χ1v) is 6.88. The van der Waals surface area contributed by atoms with Crippen LogP contribution in [-0.2, 0) is 14.3 Å². The standard InChI is InChI=1S/C16H19FN4O3/c1-10(13-6-5-12(17)8-11(13)2)4-7-14(19-18)16(23)21-20-15(22)9-24-3/h4-8H,1,9,18H2,2-3H3,(H,20,22)(H,21,23)/b7-4-,19-14+. The number of aryl methyl sites for hydroxylation is 1. The minimum atomic E-state index is -0.707. The van der Waals surface area contributed by atoms with E-state index < -0.39 is 11.8 Å². The van der Waals surface area contributed by atoms with Crippen molar-refractivity contribution in [2.75, 3.05) is 13.7 Å². The molecule has 0 atom stereocenters. The van der Waals surface area contributed by atoms with Crippen LogP contribution in [0.5, 0.6) is 0 Å². The van der Waals surface area contributed by atoms with Gasteiger partial charge in [0, 0.05) is 7.11 Å². The van der Waals surface area contributed by atoms with Gasteiger partial charge in [0.25, 0.3) is 11.8 Å². The number of carbonyl (C=O) groups is 2. The molecule has 1 aromatic carbocycles. The van der Waals surface area contributed by atoms with Crippen molar-refractivity contribution in [3.63, 3.8) is 0 Å². The Balaban J connectivity index is 2.73. The molecule has 2 amide bonds. The minimum absolute atomic E-state index is 0.131. The van der Waals surface area contributed by atoms with Crippen LogP contribution >= 0.6 is 0 Å². The van der Waals surface area contributed by atoms with Crippen molar-refractivity contribution < 1.29 is 18.7 Å². The zero-order valence-electron chi connectivity index (χ0n) is 13.4. The fourth-order valence-corrected chi connectivity index (χ4v) is 1.79. The second-order valence-corrected chi connectivity index (χ2v) is 4.77. The summed E-state index contributed by atoms with van der Waals surface area (Å²) in [5, 5.41) is 3.35. The number of nitrogens with one attached hydrogen (secondary N) is 2. The molecule has 0 unspecified atom stereocenters. The number of rotatable bonds is 6. The molecule has 0 aliphatic heterocycles. The highest BCUT2D eigenvalue weighted by Gasteiger charge is 2.10. The van der Waals surface area contributed by atoms with Gasteiger partial charge in [0.1, 0.15) is 18.1 Å². The number of hydrazine groups is 1. The van der Waals surface area contributed by atoms with E-state index in [1.54, 1.807) is 13.0 Å². The predicted octanol–water partition coefficient (Wildman–Crippen LogP) is 0.812. The van der Waals surface area contributed by atoms with Crippen molar-refractivity contribution in [2.24, 2.45) is 10.9 Å². The second kappa shape index (κ2) is 9.21. The Kier molecular flexibility index (Phi) is 7.31. The van der Waals surface area contributed by atoms with Crippen molar-refractivity contribution in [2.45, 2.75) is 6.92 Å². The third-order valence-corrected chi connectivity index (χ3v) is 2.94. The van der Waals surface area contributed by atoms with Gasteiger partial charge in [-0.3, -0.25) is 20.4 Å². The number of carbonyl (C=O) groups excluding carboxylic acids is 2. The predicted molar refractivity (Wildman–Crippen MR) is 89.1 cm³/mol. The van der Waals surface area contributed by atoms with Gasteiger partial charge in [0.15, 0.2) is 0 Å². The average Bonchev–Trinajstić information content (AvgIpc) is 2.53. The van der Waals surface area contributed by atoms with Crippen LogP contribution in [0.4, 0.5) is 4.39 Å². The molecule has 0 radical (unpaired) electrons. The maximum absolute atomic E-state index is 13.1. The molecule has 128 valence electrons. The Morgan fingerprint density at radius 3 is 2.67 bits per heavy atom. The molecule has 0 aliphatic carbocycles. The van der Waals surface area contributed by atoms with Gasteiger partial charge in [-0.2, -0.15) is 5.10 Å². The number of halogens is 1. The monoisotopic (exact) mass is 334 g/mol. The van der Waals surface area contributed by atoms with Crippen molar-refractivity contribution in [3.8, 4) is 0 Å². The molecule has 24 heavy (non-hydrogen) atoms. The molecule has 0 fully saturated rings. The molecule has 0 spiro atoms. The molecule has 0 aromatic heterocycles. The molecule has 8 heteroatoms. The summed E-state index contributed by atoms with van der Waals surface area (Å²) in [6, 6.07) is 4.28. The summed E-state index contributed by atoms with van der Waals surface area (Å²) in [5.74, 6) is 3.59. The summed E-state index contributed by atoms with van der Waals surface area (Å²) in [4.78, 5) is 23.0. The van der Waals surface area contributed by atoms with Crippen LogP contribution in [0, 0.1) is 12.7 Å². The highest BCUT2D eigenvalue weighted by molar-refractivity contribution is 6.43. The third kappa shape index (κ3) is 5.65. The number of methoxy groups -OCH3 is 1. The zero-order chi connectivity index (χ0) is 18.1. The number of nitrogens with two attached hydrogens (primary N) is 1. The smallest absolute Gasteiger partial charge is 0.290 e. The SMILES string of the molecule is C=C(/C=C\C(=N/N)C(=O)NNC(=O)COC)c1ccc(F)cc1C. The highest BCUT2D eigenvalue weighted by Crippen LogP contribution is 2.19. The van der Waals surface area contributed by atoms with Gasteiger partial charge in [0.05, 0.1) is 0 Å². The van der Waals surface area contributed by atoms with E-state index in [1.165, 1.54) is 31.4 Å². The molecule has 1 aromatic rings. The van der Waals surface area contributed by atoms with E-state index in [9.17, 15) is 14.0 Å². The van der Waals surface area contributed by atoms with Crippen LogP contribution in [0.3, 0.4) is 0 Å². The van der Waals surface area contributed by atoms with Gasteiger partial charge in [-0.05, 0) is 41.8 Å². The molecule has 7 nitrogen and oxygen atoms in total. The van der Waals surface area contributed by atoms with Gasteiger partial charge < -0.3 is 10.6 Å². The molecule has 0 heterocycles. The summed E-state index contributed by atoms with van der Waals surface area (Å²) >= 11 is 0. The lowest BCUT2D eigenvalue weighted by Crippen LogP contribution is -2.46. The van der Waals surface area contributed by atoms with E-state index in [-0.39, 0.29) is 18.1 Å². The first-order chi connectivity index (χ1) is 11.4. The fraction of sp³-hybridized carbons (Fsp3) is 0.188. The van der Waals surface area contributed by atoms with E-state index in [0.29, 0.717) is 11.1 Å². The van der Waals surface area contributed by atoms with E-state index >= 15 is 0 Å². The van der Waals surface area contributed by atoms with E-state index in [2.05, 4.69) is 27.3 Å². The number of ether oxygens (including phenoxy) is 1. The lowest BCUT2D eigenvalue weighted by molar-refractivity contribution is -0.128. The van der Waals surface area contributed by atoms with Gasteiger partial charge in [-0.25, -0.2) is 4.39 Å². The topological polar surface area (TPSA) is 106 Å². The van der Waals surface area contributed by atoms with Crippen LogP contribution in [0.15, 0.2) is 42.0 Å². The van der Waals surface area contributed by atoms with Crippen LogP contribution in [0.25, 0.3) is 5.57 Å². The zero-order valence-corrected chi connectivity index (χ0v) is 13.4. The minimum Gasteiger partial charge on any atom is -0.375 e. The number of allylic oxidation sites excluding steroid dienone is 2. The van der Waals surface area contributed by atoms with Crippen molar-refractivity contribution >= 4 is 23.1 Å².